The van der Waals surface area contributed by atoms with Crippen molar-refractivity contribution in [3.8, 4) is 0 Å². The Kier molecular flexibility index (Phi) is 5.83. The van der Waals surface area contributed by atoms with Crippen LogP contribution in [0.25, 0.3) is 0 Å². The summed E-state index contributed by atoms with van der Waals surface area (Å²) in [6, 6.07) is 15.6. The lowest BCUT2D eigenvalue weighted by atomic mass is 10.2. The smallest absolute Gasteiger partial charge is 0.226 e. The molecule has 0 radical (unpaired) electrons. The Bertz CT molecular complexity index is 626. The summed E-state index contributed by atoms with van der Waals surface area (Å²) in [6.45, 7) is 0.588. The Hall–Kier alpha value is -2.01. The van der Waals surface area contributed by atoms with Crippen LogP contribution in [0.1, 0.15) is 6.42 Å². The zero-order chi connectivity index (χ0) is 15.9. The van der Waals surface area contributed by atoms with Gasteiger partial charge in [-0.15, -0.1) is 0 Å². The van der Waals surface area contributed by atoms with E-state index in [1.54, 1.807) is 0 Å². The molecule has 5 heteroatoms. The molecule has 0 heterocycles. The predicted octanol–water partition coefficient (Wildman–Crippen LogP) is 3.96. The molecule has 22 heavy (non-hydrogen) atoms. The van der Waals surface area contributed by atoms with Gasteiger partial charge in [0.05, 0.1) is 0 Å². The van der Waals surface area contributed by atoms with E-state index in [0.29, 0.717) is 13.0 Å². The largest absolute Gasteiger partial charge is 0.384 e. The fourth-order valence-electron chi connectivity index (χ4n) is 1.98. The van der Waals surface area contributed by atoms with Crippen molar-refractivity contribution in [2.45, 2.75) is 6.42 Å². The van der Waals surface area contributed by atoms with Crippen LogP contribution in [0.2, 0.25) is 0 Å². The van der Waals surface area contributed by atoms with Crippen LogP contribution in [0, 0.1) is 0 Å². The molecule has 0 spiro atoms. The van der Waals surface area contributed by atoms with E-state index in [1.807, 2.05) is 67.5 Å². The zero-order valence-corrected chi connectivity index (χ0v) is 14.4. The van der Waals surface area contributed by atoms with Crippen molar-refractivity contribution in [2.24, 2.45) is 0 Å². The van der Waals surface area contributed by atoms with Crippen LogP contribution < -0.4 is 15.5 Å². The molecular weight excluding hydrogens is 342 g/mol. The van der Waals surface area contributed by atoms with Gasteiger partial charge in [0.15, 0.2) is 0 Å². The average Bonchev–Trinajstić information content (AvgIpc) is 2.50. The van der Waals surface area contributed by atoms with E-state index in [0.717, 1.165) is 21.5 Å². The number of rotatable bonds is 6. The Morgan fingerprint density at radius 1 is 1.09 bits per heavy atom. The topological polar surface area (TPSA) is 44.4 Å². The van der Waals surface area contributed by atoms with Gasteiger partial charge in [-0.3, -0.25) is 4.79 Å². The van der Waals surface area contributed by atoms with Gasteiger partial charge >= 0.3 is 0 Å². The number of anilines is 3. The highest BCUT2D eigenvalue weighted by Gasteiger charge is 2.04. The van der Waals surface area contributed by atoms with Crippen LogP contribution in [0.3, 0.4) is 0 Å². The first-order chi connectivity index (χ1) is 10.6. The van der Waals surface area contributed by atoms with Gasteiger partial charge in [0.25, 0.3) is 0 Å². The lowest BCUT2D eigenvalue weighted by Gasteiger charge is -2.13. The second-order valence-corrected chi connectivity index (χ2v) is 6.00. The fourth-order valence-corrected chi connectivity index (χ4v) is 2.41. The van der Waals surface area contributed by atoms with Crippen molar-refractivity contribution in [1.29, 1.82) is 0 Å². The van der Waals surface area contributed by atoms with Crippen LogP contribution in [0.5, 0.6) is 0 Å². The molecule has 2 aromatic carbocycles. The SMILES string of the molecule is CN(C)c1ccc(NC(=O)CCNc2ccccc2Br)cc1. The zero-order valence-electron chi connectivity index (χ0n) is 12.8. The maximum atomic E-state index is 11.9. The Morgan fingerprint density at radius 3 is 2.41 bits per heavy atom. The number of benzene rings is 2. The number of nitrogens with one attached hydrogen (secondary N) is 2. The number of halogens is 1. The predicted molar refractivity (Wildman–Crippen MR) is 96.6 cm³/mol. The first-order valence-electron chi connectivity index (χ1n) is 7.12. The van der Waals surface area contributed by atoms with Crippen molar-refractivity contribution in [3.05, 3.63) is 53.0 Å². The number of hydrogen-bond donors (Lipinski definition) is 2. The standard InChI is InChI=1S/C17H20BrN3O/c1-21(2)14-9-7-13(8-10-14)20-17(22)11-12-19-16-6-4-3-5-15(16)18/h3-10,19H,11-12H2,1-2H3,(H,20,22). The first kappa shape index (κ1) is 16.4. The Labute approximate surface area is 139 Å². The number of para-hydroxylation sites is 1. The molecule has 116 valence electrons. The molecule has 1 amide bonds. The minimum atomic E-state index is -0.00263. The van der Waals surface area contributed by atoms with Gasteiger partial charge < -0.3 is 15.5 Å². The molecule has 2 rings (SSSR count). The minimum Gasteiger partial charge on any atom is -0.384 e. The first-order valence-corrected chi connectivity index (χ1v) is 7.91. The van der Waals surface area contributed by atoms with E-state index in [9.17, 15) is 4.79 Å². The molecule has 2 aromatic rings. The second-order valence-electron chi connectivity index (χ2n) is 5.15. The van der Waals surface area contributed by atoms with Gasteiger partial charge in [-0.1, -0.05) is 12.1 Å². The number of carbonyl (C=O) groups is 1. The summed E-state index contributed by atoms with van der Waals surface area (Å²) in [4.78, 5) is 14.0. The number of nitrogens with zero attached hydrogens (tertiary/aromatic N) is 1. The van der Waals surface area contributed by atoms with Gasteiger partial charge in [0.2, 0.25) is 5.91 Å². The third-order valence-corrected chi connectivity index (χ3v) is 3.90. The van der Waals surface area contributed by atoms with Crippen LogP contribution >= 0.6 is 15.9 Å². The summed E-state index contributed by atoms with van der Waals surface area (Å²) in [5.74, 6) is -0.00263. The molecule has 0 unspecified atom stereocenters. The highest BCUT2D eigenvalue weighted by atomic mass is 79.9. The van der Waals surface area contributed by atoms with Crippen LogP contribution in [-0.2, 0) is 4.79 Å². The van der Waals surface area contributed by atoms with Crippen molar-refractivity contribution >= 4 is 38.9 Å². The van der Waals surface area contributed by atoms with Gasteiger partial charge in [0, 0.05) is 48.6 Å². The molecule has 0 aliphatic heterocycles. The summed E-state index contributed by atoms with van der Waals surface area (Å²) in [5.41, 5.74) is 2.91. The summed E-state index contributed by atoms with van der Waals surface area (Å²) in [5, 5.41) is 6.14. The third-order valence-electron chi connectivity index (χ3n) is 3.21. The van der Waals surface area contributed by atoms with Crippen LogP contribution in [-0.4, -0.2) is 26.5 Å². The molecule has 0 fully saturated rings. The Balaban J connectivity index is 1.79. The summed E-state index contributed by atoms with van der Waals surface area (Å²) in [6.07, 6.45) is 0.413. The Morgan fingerprint density at radius 2 is 1.77 bits per heavy atom. The van der Waals surface area contributed by atoms with Gasteiger partial charge in [-0.25, -0.2) is 0 Å². The molecule has 4 nitrogen and oxygen atoms in total. The highest BCUT2D eigenvalue weighted by molar-refractivity contribution is 9.10. The minimum absolute atomic E-state index is 0.00263. The van der Waals surface area contributed by atoms with E-state index >= 15 is 0 Å². The van der Waals surface area contributed by atoms with E-state index < -0.39 is 0 Å². The number of amides is 1. The number of hydrogen-bond acceptors (Lipinski definition) is 3. The second kappa shape index (κ2) is 7.84. The van der Waals surface area contributed by atoms with Crippen molar-refractivity contribution in [2.75, 3.05) is 36.2 Å². The van der Waals surface area contributed by atoms with Crippen molar-refractivity contribution in [3.63, 3.8) is 0 Å². The maximum absolute atomic E-state index is 11.9. The van der Waals surface area contributed by atoms with Gasteiger partial charge in [-0.2, -0.15) is 0 Å². The lowest BCUT2D eigenvalue weighted by Crippen LogP contribution is -2.16. The highest BCUT2D eigenvalue weighted by Crippen LogP contribution is 2.21. The molecule has 0 aromatic heterocycles. The molecule has 0 atom stereocenters. The molecule has 0 saturated carbocycles. The monoisotopic (exact) mass is 361 g/mol. The van der Waals surface area contributed by atoms with Gasteiger partial charge in [-0.05, 0) is 52.3 Å². The quantitative estimate of drug-likeness (QED) is 0.818. The normalized spacial score (nSPS) is 10.1. The van der Waals surface area contributed by atoms with Gasteiger partial charge in [0.1, 0.15) is 0 Å². The average molecular weight is 362 g/mol. The maximum Gasteiger partial charge on any atom is 0.226 e. The summed E-state index contributed by atoms with van der Waals surface area (Å²) in [7, 11) is 3.97. The van der Waals surface area contributed by atoms with Crippen molar-refractivity contribution in [1.82, 2.24) is 0 Å². The third kappa shape index (κ3) is 4.77. The van der Waals surface area contributed by atoms with E-state index in [2.05, 4.69) is 26.6 Å². The molecule has 0 aliphatic carbocycles. The fraction of sp³-hybridized carbons (Fsp3) is 0.235. The number of carbonyl (C=O) groups excluding carboxylic acids is 1. The summed E-state index contributed by atoms with van der Waals surface area (Å²) < 4.78 is 0.995. The van der Waals surface area contributed by atoms with Crippen LogP contribution in [0.15, 0.2) is 53.0 Å². The molecule has 0 saturated heterocycles. The van der Waals surface area contributed by atoms with Crippen LogP contribution in [0.4, 0.5) is 17.1 Å². The molecular formula is C17H20BrN3O. The van der Waals surface area contributed by atoms with E-state index in [4.69, 9.17) is 0 Å². The molecule has 2 N–H and O–H groups in total. The summed E-state index contributed by atoms with van der Waals surface area (Å²) >= 11 is 3.47. The molecule has 0 aliphatic rings. The van der Waals surface area contributed by atoms with E-state index in [-0.39, 0.29) is 5.91 Å². The van der Waals surface area contributed by atoms with E-state index in [1.165, 1.54) is 0 Å². The lowest BCUT2D eigenvalue weighted by molar-refractivity contribution is -0.115. The van der Waals surface area contributed by atoms with Crippen molar-refractivity contribution < 1.29 is 4.79 Å². The molecule has 0 bridgehead atoms.